The van der Waals surface area contributed by atoms with Crippen molar-refractivity contribution in [1.29, 1.82) is 0 Å². The number of benzene rings is 1. The van der Waals surface area contributed by atoms with E-state index in [9.17, 15) is 5.11 Å². The van der Waals surface area contributed by atoms with E-state index in [1.165, 1.54) is 11.1 Å². The summed E-state index contributed by atoms with van der Waals surface area (Å²) < 4.78 is 4.89. The molecule has 18 heavy (non-hydrogen) atoms. The van der Waals surface area contributed by atoms with Crippen molar-refractivity contribution in [1.82, 2.24) is 5.32 Å². The Balaban J connectivity index is 2.33. The van der Waals surface area contributed by atoms with Crippen LogP contribution in [0.3, 0.4) is 0 Å². The molecule has 1 rings (SSSR count). The van der Waals surface area contributed by atoms with E-state index in [2.05, 4.69) is 43.4 Å². The summed E-state index contributed by atoms with van der Waals surface area (Å²) in [5.41, 5.74) is 2.65. The van der Waals surface area contributed by atoms with Crippen LogP contribution in [0.4, 0.5) is 0 Å². The zero-order valence-electron chi connectivity index (χ0n) is 11.6. The molecule has 2 unspecified atom stereocenters. The summed E-state index contributed by atoms with van der Waals surface area (Å²) >= 11 is 0. The van der Waals surface area contributed by atoms with Gasteiger partial charge in [-0.3, -0.25) is 0 Å². The minimum Gasteiger partial charge on any atom is -0.391 e. The van der Waals surface area contributed by atoms with Gasteiger partial charge in [0.1, 0.15) is 0 Å². The molecule has 0 saturated carbocycles. The van der Waals surface area contributed by atoms with Gasteiger partial charge in [0, 0.05) is 13.2 Å². The first-order chi connectivity index (χ1) is 8.67. The molecule has 0 bridgehead atoms. The van der Waals surface area contributed by atoms with E-state index in [1.807, 2.05) is 0 Å². The average molecular weight is 251 g/mol. The number of hydrogen-bond donors (Lipinski definition) is 2. The summed E-state index contributed by atoms with van der Waals surface area (Å²) in [6.07, 6.45) is 1.41. The highest BCUT2D eigenvalue weighted by Gasteiger charge is 2.07. The zero-order valence-corrected chi connectivity index (χ0v) is 11.6. The third kappa shape index (κ3) is 5.17. The van der Waals surface area contributed by atoms with Crippen molar-refractivity contribution in [3.8, 4) is 0 Å². The van der Waals surface area contributed by atoms with Gasteiger partial charge in [-0.05, 0) is 37.4 Å². The van der Waals surface area contributed by atoms with E-state index in [-0.39, 0.29) is 6.10 Å². The predicted molar refractivity (Wildman–Crippen MR) is 74.7 cm³/mol. The summed E-state index contributed by atoms with van der Waals surface area (Å²) in [6.45, 7) is 5.50. The Hall–Kier alpha value is -0.900. The Labute approximate surface area is 110 Å². The molecule has 0 radical (unpaired) electrons. The van der Waals surface area contributed by atoms with Crippen LogP contribution >= 0.6 is 0 Å². The lowest BCUT2D eigenvalue weighted by Gasteiger charge is -2.16. The number of methoxy groups -OCH3 is 1. The molecule has 0 aliphatic rings. The highest BCUT2D eigenvalue weighted by atomic mass is 16.5. The second-order valence-corrected chi connectivity index (χ2v) is 4.67. The number of rotatable bonds is 8. The molecular formula is C15H25NO2. The lowest BCUT2D eigenvalue weighted by Crippen LogP contribution is -2.25. The Morgan fingerprint density at radius 3 is 2.50 bits per heavy atom. The summed E-state index contributed by atoms with van der Waals surface area (Å²) in [7, 11) is 1.61. The van der Waals surface area contributed by atoms with Gasteiger partial charge < -0.3 is 15.2 Å². The van der Waals surface area contributed by atoms with Crippen molar-refractivity contribution in [3.63, 3.8) is 0 Å². The molecule has 0 aliphatic heterocycles. The van der Waals surface area contributed by atoms with E-state index >= 15 is 0 Å². The van der Waals surface area contributed by atoms with Gasteiger partial charge in [-0.1, -0.05) is 31.2 Å². The van der Waals surface area contributed by atoms with Gasteiger partial charge in [-0.15, -0.1) is 0 Å². The highest BCUT2D eigenvalue weighted by Crippen LogP contribution is 2.13. The summed E-state index contributed by atoms with van der Waals surface area (Å²) in [4.78, 5) is 0. The van der Waals surface area contributed by atoms with Gasteiger partial charge in [-0.2, -0.15) is 0 Å². The minimum atomic E-state index is -0.378. The second kappa shape index (κ2) is 8.25. The normalized spacial score (nSPS) is 14.4. The molecule has 102 valence electrons. The maximum atomic E-state index is 9.54. The summed E-state index contributed by atoms with van der Waals surface area (Å²) in [5, 5.41) is 12.9. The van der Waals surface area contributed by atoms with Crippen LogP contribution in [0.15, 0.2) is 24.3 Å². The van der Waals surface area contributed by atoms with E-state index < -0.39 is 0 Å². The molecule has 0 fully saturated rings. The Bertz CT molecular complexity index is 324. The first-order valence-corrected chi connectivity index (χ1v) is 6.66. The third-order valence-electron chi connectivity index (χ3n) is 3.18. The van der Waals surface area contributed by atoms with Gasteiger partial charge in [0.2, 0.25) is 0 Å². The first-order valence-electron chi connectivity index (χ1n) is 6.66. The molecule has 3 heteroatoms. The lowest BCUT2D eigenvalue weighted by molar-refractivity contribution is 0.0590. The van der Waals surface area contributed by atoms with Gasteiger partial charge in [0.05, 0.1) is 12.7 Å². The van der Waals surface area contributed by atoms with Crippen molar-refractivity contribution in [3.05, 3.63) is 35.4 Å². The highest BCUT2D eigenvalue weighted by molar-refractivity contribution is 5.24. The van der Waals surface area contributed by atoms with Gasteiger partial charge in [0.25, 0.3) is 0 Å². The quantitative estimate of drug-likeness (QED) is 0.745. The third-order valence-corrected chi connectivity index (χ3v) is 3.18. The molecule has 1 aromatic rings. The molecule has 1 aromatic carbocycles. The molecular weight excluding hydrogens is 226 g/mol. The van der Waals surface area contributed by atoms with Crippen LogP contribution in [-0.2, 0) is 11.2 Å². The maximum absolute atomic E-state index is 9.54. The molecule has 2 atom stereocenters. The summed E-state index contributed by atoms with van der Waals surface area (Å²) in [6, 6.07) is 9.00. The Kier molecular flexibility index (Phi) is 6.94. The lowest BCUT2D eigenvalue weighted by atomic mass is 10.0. The maximum Gasteiger partial charge on any atom is 0.0785 e. The molecule has 2 N–H and O–H groups in total. The number of aryl methyl sites for hydroxylation is 1. The summed E-state index contributed by atoms with van der Waals surface area (Å²) in [5.74, 6) is 0. The van der Waals surface area contributed by atoms with E-state index in [0.717, 1.165) is 13.0 Å². The minimum absolute atomic E-state index is 0.311. The second-order valence-electron chi connectivity index (χ2n) is 4.67. The van der Waals surface area contributed by atoms with Crippen LogP contribution in [0.25, 0.3) is 0 Å². The van der Waals surface area contributed by atoms with Crippen molar-refractivity contribution in [2.45, 2.75) is 38.8 Å². The van der Waals surface area contributed by atoms with Gasteiger partial charge in [0.15, 0.2) is 0 Å². The fraction of sp³-hybridized carbons (Fsp3) is 0.600. The van der Waals surface area contributed by atoms with Crippen LogP contribution in [-0.4, -0.2) is 31.5 Å². The fourth-order valence-electron chi connectivity index (χ4n) is 1.90. The Morgan fingerprint density at radius 2 is 1.94 bits per heavy atom. The molecule has 0 saturated heterocycles. The molecule has 0 spiro atoms. The molecule has 0 amide bonds. The van der Waals surface area contributed by atoms with Crippen molar-refractivity contribution in [2.24, 2.45) is 0 Å². The first kappa shape index (κ1) is 15.2. The molecule has 0 heterocycles. The average Bonchev–Trinajstić information content (AvgIpc) is 2.39. The van der Waals surface area contributed by atoms with Crippen molar-refractivity contribution in [2.75, 3.05) is 20.3 Å². The Morgan fingerprint density at radius 1 is 1.28 bits per heavy atom. The van der Waals surface area contributed by atoms with Gasteiger partial charge >= 0.3 is 0 Å². The van der Waals surface area contributed by atoms with E-state index in [0.29, 0.717) is 19.1 Å². The van der Waals surface area contributed by atoms with E-state index in [4.69, 9.17) is 4.74 Å². The topological polar surface area (TPSA) is 41.5 Å². The monoisotopic (exact) mass is 251 g/mol. The van der Waals surface area contributed by atoms with E-state index in [1.54, 1.807) is 7.11 Å². The van der Waals surface area contributed by atoms with Gasteiger partial charge in [-0.25, -0.2) is 0 Å². The number of nitrogens with one attached hydrogen (secondary N) is 1. The molecule has 3 nitrogen and oxygen atoms in total. The smallest absolute Gasteiger partial charge is 0.0785 e. The van der Waals surface area contributed by atoms with Crippen LogP contribution in [0.5, 0.6) is 0 Å². The zero-order chi connectivity index (χ0) is 13.4. The number of hydrogen-bond acceptors (Lipinski definition) is 3. The molecule has 0 aromatic heterocycles. The van der Waals surface area contributed by atoms with Crippen LogP contribution < -0.4 is 5.32 Å². The van der Waals surface area contributed by atoms with Crippen molar-refractivity contribution >= 4 is 0 Å². The van der Waals surface area contributed by atoms with Crippen LogP contribution in [0.2, 0.25) is 0 Å². The number of aliphatic hydroxyl groups is 1. The van der Waals surface area contributed by atoms with Crippen LogP contribution in [0.1, 0.15) is 37.4 Å². The largest absolute Gasteiger partial charge is 0.391 e. The van der Waals surface area contributed by atoms with Crippen molar-refractivity contribution < 1.29 is 9.84 Å². The SMILES string of the molecule is CCc1ccc(C(C)NCCC(O)COC)cc1. The van der Waals surface area contributed by atoms with Crippen LogP contribution in [0, 0.1) is 0 Å². The molecule has 0 aliphatic carbocycles. The fourth-order valence-corrected chi connectivity index (χ4v) is 1.90. The number of aliphatic hydroxyl groups excluding tert-OH is 1. The standard InChI is InChI=1S/C15H25NO2/c1-4-13-5-7-14(8-6-13)12(2)16-10-9-15(17)11-18-3/h5-8,12,15-17H,4,9-11H2,1-3H3. The predicted octanol–water partition coefficient (Wildman–Crippen LogP) is 2.30. The number of ether oxygens (including phenoxy) is 1.